The average molecular weight is 288 g/mol. The zero-order chi connectivity index (χ0) is 14.4. The minimum absolute atomic E-state index is 0.201. The average Bonchev–Trinajstić information content (AvgIpc) is 2.69. The van der Waals surface area contributed by atoms with Crippen LogP contribution in [0.5, 0.6) is 0 Å². The Balaban J connectivity index is 2.91. The highest BCUT2D eigenvalue weighted by molar-refractivity contribution is 6.31. The molecule has 0 spiro atoms. The zero-order valence-corrected chi connectivity index (χ0v) is 13.4. The first-order chi connectivity index (χ1) is 9.08. The molecule has 0 aliphatic heterocycles. The zero-order valence-electron chi connectivity index (χ0n) is 12.7. The third kappa shape index (κ3) is 3.94. The van der Waals surface area contributed by atoms with Crippen LogP contribution in [0.4, 0.5) is 0 Å². The lowest BCUT2D eigenvalue weighted by molar-refractivity contribution is 0.0627. The molecule has 2 unspecified atom stereocenters. The Morgan fingerprint density at radius 3 is 2.58 bits per heavy atom. The fraction of sp³-hybridized carbons (Fsp3) is 0.786. The van der Waals surface area contributed by atoms with Gasteiger partial charge in [-0.25, -0.2) is 0 Å². The molecule has 0 radical (unpaired) electrons. The van der Waals surface area contributed by atoms with Crippen LogP contribution in [0, 0.1) is 6.92 Å². The van der Waals surface area contributed by atoms with Gasteiger partial charge in [-0.3, -0.25) is 4.68 Å². The van der Waals surface area contributed by atoms with Crippen LogP contribution in [0.1, 0.15) is 38.1 Å². The first kappa shape index (κ1) is 16.5. The number of aryl methyl sites for hydroxylation is 2. The van der Waals surface area contributed by atoms with E-state index in [1.165, 1.54) is 0 Å². The Bertz CT molecular complexity index is 392. The molecule has 4 nitrogen and oxygen atoms in total. The summed E-state index contributed by atoms with van der Waals surface area (Å²) in [5.41, 5.74) is 2.00. The summed E-state index contributed by atoms with van der Waals surface area (Å²) in [6.07, 6.45) is 3.18. The van der Waals surface area contributed by atoms with Crippen molar-refractivity contribution in [3.05, 3.63) is 16.4 Å². The molecule has 0 amide bonds. The van der Waals surface area contributed by atoms with E-state index in [9.17, 15) is 0 Å². The number of rotatable bonds is 8. The largest absolute Gasteiger partial charge is 0.380 e. The normalized spacial score (nSPS) is 14.6. The first-order valence-corrected chi connectivity index (χ1v) is 7.38. The van der Waals surface area contributed by atoms with Crippen molar-refractivity contribution in [1.82, 2.24) is 15.1 Å². The van der Waals surface area contributed by atoms with Gasteiger partial charge in [0.2, 0.25) is 0 Å². The molecular formula is C14H26ClN3O. The first-order valence-electron chi connectivity index (χ1n) is 7.00. The Kier molecular flexibility index (Phi) is 6.83. The van der Waals surface area contributed by atoms with Crippen LogP contribution in [-0.4, -0.2) is 36.1 Å². The highest BCUT2D eigenvalue weighted by Gasteiger charge is 2.23. The highest BCUT2D eigenvalue weighted by Crippen LogP contribution is 2.23. The third-order valence-corrected chi connectivity index (χ3v) is 4.05. The second-order valence-electron chi connectivity index (χ2n) is 4.82. The maximum absolute atomic E-state index is 6.37. The Hall–Kier alpha value is -0.580. The molecule has 1 rings (SSSR count). The second kappa shape index (κ2) is 7.88. The number of methoxy groups -OCH3 is 1. The van der Waals surface area contributed by atoms with Crippen molar-refractivity contribution in [2.24, 2.45) is 0 Å². The molecule has 0 saturated carbocycles. The van der Waals surface area contributed by atoms with Crippen LogP contribution in [0.15, 0.2) is 0 Å². The number of aromatic nitrogens is 2. The van der Waals surface area contributed by atoms with Gasteiger partial charge in [0.25, 0.3) is 0 Å². The molecule has 0 fully saturated rings. The second-order valence-corrected chi connectivity index (χ2v) is 5.20. The monoisotopic (exact) mass is 287 g/mol. The molecule has 110 valence electrons. The van der Waals surface area contributed by atoms with E-state index in [4.69, 9.17) is 16.3 Å². The van der Waals surface area contributed by atoms with Crippen LogP contribution in [-0.2, 0) is 17.7 Å². The van der Waals surface area contributed by atoms with Gasteiger partial charge in [0.05, 0.1) is 22.5 Å². The summed E-state index contributed by atoms with van der Waals surface area (Å²) >= 11 is 6.37. The molecule has 0 aliphatic rings. The lowest BCUT2D eigenvalue weighted by Gasteiger charge is -2.25. The lowest BCUT2D eigenvalue weighted by atomic mass is 10.0. The summed E-state index contributed by atoms with van der Waals surface area (Å²) in [6.45, 7) is 7.05. The molecule has 1 aromatic heterocycles. The van der Waals surface area contributed by atoms with Crippen molar-refractivity contribution in [3.8, 4) is 0 Å². The molecule has 0 aromatic carbocycles. The van der Waals surface area contributed by atoms with Crippen molar-refractivity contribution in [1.29, 1.82) is 0 Å². The number of hydrogen-bond acceptors (Lipinski definition) is 3. The van der Waals surface area contributed by atoms with Crippen molar-refractivity contribution in [2.45, 2.75) is 58.7 Å². The molecule has 0 aliphatic carbocycles. The quantitative estimate of drug-likeness (QED) is 0.799. The lowest BCUT2D eigenvalue weighted by Crippen LogP contribution is -2.41. The van der Waals surface area contributed by atoms with Crippen molar-refractivity contribution in [2.75, 3.05) is 14.2 Å². The van der Waals surface area contributed by atoms with E-state index in [1.807, 2.05) is 18.7 Å². The predicted octanol–water partition coefficient (Wildman–Crippen LogP) is 2.81. The van der Waals surface area contributed by atoms with Crippen LogP contribution >= 0.6 is 11.6 Å². The predicted molar refractivity (Wildman–Crippen MR) is 79.9 cm³/mol. The smallest absolute Gasteiger partial charge is 0.0847 e. The summed E-state index contributed by atoms with van der Waals surface area (Å²) in [5.74, 6) is 0. The van der Waals surface area contributed by atoms with E-state index in [1.54, 1.807) is 7.11 Å². The minimum Gasteiger partial charge on any atom is -0.380 e. The van der Waals surface area contributed by atoms with Crippen LogP contribution in [0.25, 0.3) is 0 Å². The molecule has 5 heteroatoms. The van der Waals surface area contributed by atoms with E-state index < -0.39 is 0 Å². The maximum atomic E-state index is 6.37. The van der Waals surface area contributed by atoms with Crippen molar-refractivity contribution < 1.29 is 4.74 Å². The third-order valence-electron chi connectivity index (χ3n) is 3.56. The molecule has 1 heterocycles. The van der Waals surface area contributed by atoms with Crippen LogP contribution < -0.4 is 5.32 Å². The van der Waals surface area contributed by atoms with E-state index >= 15 is 0 Å². The van der Waals surface area contributed by atoms with E-state index in [0.717, 1.165) is 42.2 Å². The molecule has 2 atom stereocenters. The number of likely N-dealkylation sites (N-methyl/N-ethyl adjacent to an activating group) is 1. The molecule has 19 heavy (non-hydrogen) atoms. The summed E-state index contributed by atoms with van der Waals surface area (Å²) in [7, 11) is 3.74. The van der Waals surface area contributed by atoms with Gasteiger partial charge in [0, 0.05) is 26.1 Å². The van der Waals surface area contributed by atoms with E-state index in [2.05, 4.69) is 24.3 Å². The summed E-state index contributed by atoms with van der Waals surface area (Å²) in [4.78, 5) is 0. The topological polar surface area (TPSA) is 39.1 Å². The van der Waals surface area contributed by atoms with Crippen LogP contribution in [0.3, 0.4) is 0 Å². The van der Waals surface area contributed by atoms with Gasteiger partial charge in [-0.1, -0.05) is 24.9 Å². The summed E-state index contributed by atoms with van der Waals surface area (Å²) in [6, 6.07) is 0.254. The molecule has 0 saturated heterocycles. The van der Waals surface area contributed by atoms with Crippen LogP contribution in [0.2, 0.25) is 5.02 Å². The minimum atomic E-state index is 0.201. The Morgan fingerprint density at radius 1 is 1.42 bits per heavy atom. The van der Waals surface area contributed by atoms with Gasteiger partial charge in [-0.2, -0.15) is 5.10 Å². The highest BCUT2D eigenvalue weighted by atomic mass is 35.5. The summed E-state index contributed by atoms with van der Waals surface area (Å²) < 4.78 is 7.59. The fourth-order valence-electron chi connectivity index (χ4n) is 2.46. The van der Waals surface area contributed by atoms with Gasteiger partial charge in [0.15, 0.2) is 0 Å². The Morgan fingerprint density at radius 2 is 2.11 bits per heavy atom. The maximum Gasteiger partial charge on any atom is 0.0847 e. The van der Waals surface area contributed by atoms with E-state index in [0.29, 0.717) is 0 Å². The van der Waals surface area contributed by atoms with Gasteiger partial charge >= 0.3 is 0 Å². The Labute approximate surface area is 121 Å². The van der Waals surface area contributed by atoms with E-state index in [-0.39, 0.29) is 12.1 Å². The number of halogens is 1. The molecular weight excluding hydrogens is 262 g/mol. The van der Waals surface area contributed by atoms with Crippen molar-refractivity contribution in [3.63, 3.8) is 0 Å². The molecule has 1 aromatic rings. The molecule has 0 bridgehead atoms. The standard InChI is InChI=1S/C14H26ClN3O/c1-6-8-13(19-5)11(16-4)9-12-14(15)10(3)17-18(12)7-2/h11,13,16H,6-9H2,1-5H3. The number of ether oxygens (including phenoxy) is 1. The number of nitrogens with one attached hydrogen (secondary N) is 1. The molecule has 1 N–H and O–H groups in total. The summed E-state index contributed by atoms with van der Waals surface area (Å²) in [5, 5.41) is 8.60. The number of hydrogen-bond donors (Lipinski definition) is 1. The number of nitrogens with zero attached hydrogens (tertiary/aromatic N) is 2. The van der Waals surface area contributed by atoms with Gasteiger partial charge in [-0.15, -0.1) is 0 Å². The van der Waals surface area contributed by atoms with Gasteiger partial charge in [0.1, 0.15) is 0 Å². The fourth-order valence-corrected chi connectivity index (χ4v) is 2.67. The van der Waals surface area contributed by atoms with Gasteiger partial charge in [-0.05, 0) is 27.3 Å². The van der Waals surface area contributed by atoms with Gasteiger partial charge < -0.3 is 10.1 Å². The SMILES string of the molecule is CCCC(OC)C(Cc1c(Cl)c(C)nn1CC)NC. The van der Waals surface area contributed by atoms with Crippen molar-refractivity contribution >= 4 is 11.6 Å².